The Labute approximate surface area is 97.8 Å². The van der Waals surface area contributed by atoms with Crippen LogP contribution in [0.15, 0.2) is 33.5 Å². The summed E-state index contributed by atoms with van der Waals surface area (Å²) in [5.74, 6) is 0.643. The lowest BCUT2D eigenvalue weighted by molar-refractivity contribution is 0.112. The van der Waals surface area contributed by atoms with Crippen molar-refractivity contribution >= 4 is 17.3 Å². The second-order valence-electron chi connectivity index (χ2n) is 3.96. The Balaban J connectivity index is 2.63. The maximum absolute atomic E-state index is 11.2. The van der Waals surface area contributed by atoms with Crippen molar-refractivity contribution in [2.24, 2.45) is 0 Å². The van der Waals surface area contributed by atoms with Gasteiger partial charge in [-0.25, -0.2) is 4.79 Å². The standard InChI is InChI=1S/C13H12O4/c1-8(2)16-10-3-4-12-11(6-10)9(7-14)5-13(15)17-12/h3-8H,1-2H3. The van der Waals surface area contributed by atoms with Crippen LogP contribution in [-0.4, -0.2) is 12.4 Å². The first-order valence-electron chi connectivity index (χ1n) is 5.30. The van der Waals surface area contributed by atoms with Crippen LogP contribution in [0.5, 0.6) is 5.75 Å². The molecule has 1 aromatic carbocycles. The van der Waals surface area contributed by atoms with Crippen LogP contribution in [-0.2, 0) is 0 Å². The van der Waals surface area contributed by atoms with E-state index in [2.05, 4.69) is 0 Å². The molecule has 2 rings (SSSR count). The van der Waals surface area contributed by atoms with Gasteiger partial charge in [-0.15, -0.1) is 0 Å². The van der Waals surface area contributed by atoms with E-state index in [0.29, 0.717) is 28.6 Å². The molecule has 88 valence electrons. The van der Waals surface area contributed by atoms with Gasteiger partial charge in [0, 0.05) is 17.0 Å². The summed E-state index contributed by atoms with van der Waals surface area (Å²) in [6, 6.07) is 6.21. The highest BCUT2D eigenvalue weighted by Gasteiger charge is 2.07. The summed E-state index contributed by atoms with van der Waals surface area (Å²) in [4.78, 5) is 22.1. The Kier molecular flexibility index (Phi) is 2.95. The maximum atomic E-state index is 11.2. The Morgan fingerprint density at radius 1 is 1.29 bits per heavy atom. The van der Waals surface area contributed by atoms with Crippen LogP contribution in [0.25, 0.3) is 11.0 Å². The first-order valence-corrected chi connectivity index (χ1v) is 5.30. The maximum Gasteiger partial charge on any atom is 0.336 e. The van der Waals surface area contributed by atoms with Crippen molar-refractivity contribution in [3.8, 4) is 5.75 Å². The molecule has 1 heterocycles. The number of hydrogen-bond acceptors (Lipinski definition) is 4. The second kappa shape index (κ2) is 4.41. The Hall–Kier alpha value is -2.10. The first kappa shape index (κ1) is 11.4. The van der Waals surface area contributed by atoms with Crippen LogP contribution in [0.3, 0.4) is 0 Å². The van der Waals surface area contributed by atoms with E-state index in [1.807, 2.05) is 13.8 Å². The van der Waals surface area contributed by atoms with Crippen molar-refractivity contribution < 1.29 is 13.9 Å². The molecular weight excluding hydrogens is 220 g/mol. The van der Waals surface area contributed by atoms with E-state index in [4.69, 9.17) is 9.15 Å². The lowest BCUT2D eigenvalue weighted by atomic mass is 10.1. The number of fused-ring (bicyclic) bond motifs is 1. The lowest BCUT2D eigenvalue weighted by Crippen LogP contribution is -2.06. The highest BCUT2D eigenvalue weighted by molar-refractivity contribution is 5.95. The molecule has 0 amide bonds. The fourth-order valence-corrected chi connectivity index (χ4v) is 1.61. The number of carbonyl (C=O) groups excluding carboxylic acids is 1. The molecular formula is C13H12O4. The number of carbonyl (C=O) groups is 1. The number of hydrogen-bond donors (Lipinski definition) is 0. The van der Waals surface area contributed by atoms with E-state index in [9.17, 15) is 9.59 Å². The van der Waals surface area contributed by atoms with Crippen molar-refractivity contribution in [3.63, 3.8) is 0 Å². The number of rotatable bonds is 3. The number of aldehydes is 1. The minimum atomic E-state index is -0.530. The van der Waals surface area contributed by atoms with Gasteiger partial charge in [0.05, 0.1) is 6.10 Å². The van der Waals surface area contributed by atoms with Crippen LogP contribution in [0.2, 0.25) is 0 Å². The molecule has 0 spiro atoms. The highest BCUT2D eigenvalue weighted by Crippen LogP contribution is 2.22. The average molecular weight is 232 g/mol. The Morgan fingerprint density at radius 2 is 2.06 bits per heavy atom. The van der Waals surface area contributed by atoms with Crippen LogP contribution < -0.4 is 10.4 Å². The molecule has 0 unspecified atom stereocenters. The topological polar surface area (TPSA) is 56.5 Å². The van der Waals surface area contributed by atoms with Crippen molar-refractivity contribution in [2.45, 2.75) is 20.0 Å². The van der Waals surface area contributed by atoms with Gasteiger partial charge in [0.15, 0.2) is 6.29 Å². The van der Waals surface area contributed by atoms with Gasteiger partial charge in [-0.1, -0.05) is 0 Å². The summed E-state index contributed by atoms with van der Waals surface area (Å²) in [5.41, 5.74) is 0.165. The van der Waals surface area contributed by atoms with Crippen molar-refractivity contribution in [2.75, 3.05) is 0 Å². The molecule has 0 N–H and O–H groups in total. The highest BCUT2D eigenvalue weighted by atomic mass is 16.5. The molecule has 0 bridgehead atoms. The summed E-state index contributed by atoms with van der Waals surface area (Å²) in [6.45, 7) is 3.83. The van der Waals surface area contributed by atoms with E-state index in [1.165, 1.54) is 6.07 Å². The van der Waals surface area contributed by atoms with Crippen LogP contribution in [0.1, 0.15) is 24.2 Å². The third-order valence-corrected chi connectivity index (χ3v) is 2.24. The zero-order valence-electron chi connectivity index (χ0n) is 9.60. The third-order valence-electron chi connectivity index (χ3n) is 2.24. The minimum Gasteiger partial charge on any atom is -0.491 e. The molecule has 17 heavy (non-hydrogen) atoms. The first-order chi connectivity index (χ1) is 8.10. The van der Waals surface area contributed by atoms with Crippen LogP contribution in [0.4, 0.5) is 0 Å². The van der Waals surface area contributed by atoms with Crippen molar-refractivity contribution in [1.29, 1.82) is 0 Å². The second-order valence-corrected chi connectivity index (χ2v) is 3.96. The zero-order chi connectivity index (χ0) is 12.4. The molecule has 0 fully saturated rings. The molecule has 4 heteroatoms. The fourth-order valence-electron chi connectivity index (χ4n) is 1.61. The minimum absolute atomic E-state index is 0.0443. The summed E-state index contributed by atoms with van der Waals surface area (Å²) in [5, 5.41) is 0.581. The molecule has 0 saturated carbocycles. The van der Waals surface area contributed by atoms with Gasteiger partial charge < -0.3 is 9.15 Å². The number of benzene rings is 1. The van der Waals surface area contributed by atoms with E-state index in [-0.39, 0.29) is 6.10 Å². The van der Waals surface area contributed by atoms with Gasteiger partial charge in [0.2, 0.25) is 0 Å². The largest absolute Gasteiger partial charge is 0.491 e. The van der Waals surface area contributed by atoms with Gasteiger partial charge in [0.1, 0.15) is 11.3 Å². The number of ether oxygens (including phenoxy) is 1. The lowest BCUT2D eigenvalue weighted by Gasteiger charge is -2.10. The molecule has 0 radical (unpaired) electrons. The van der Waals surface area contributed by atoms with Gasteiger partial charge in [-0.3, -0.25) is 4.79 Å². The Morgan fingerprint density at radius 3 is 2.71 bits per heavy atom. The normalized spacial score (nSPS) is 10.8. The summed E-state index contributed by atoms with van der Waals surface area (Å²) >= 11 is 0. The summed E-state index contributed by atoms with van der Waals surface area (Å²) in [7, 11) is 0. The van der Waals surface area contributed by atoms with E-state index in [0.717, 1.165) is 0 Å². The molecule has 0 saturated heterocycles. The van der Waals surface area contributed by atoms with E-state index in [1.54, 1.807) is 18.2 Å². The molecule has 2 aromatic rings. The van der Waals surface area contributed by atoms with Crippen molar-refractivity contribution in [1.82, 2.24) is 0 Å². The Bertz CT molecular complexity index is 610. The van der Waals surface area contributed by atoms with Crippen LogP contribution in [0, 0.1) is 0 Å². The van der Waals surface area contributed by atoms with Gasteiger partial charge >= 0.3 is 5.63 Å². The molecule has 4 nitrogen and oxygen atoms in total. The van der Waals surface area contributed by atoms with Crippen LogP contribution >= 0.6 is 0 Å². The molecule has 0 atom stereocenters. The predicted molar refractivity (Wildman–Crippen MR) is 63.6 cm³/mol. The summed E-state index contributed by atoms with van der Waals surface area (Å²) in [6.07, 6.45) is 0.682. The van der Waals surface area contributed by atoms with E-state index < -0.39 is 5.63 Å². The smallest absolute Gasteiger partial charge is 0.336 e. The quantitative estimate of drug-likeness (QED) is 0.602. The summed E-state index contributed by atoms with van der Waals surface area (Å²) < 4.78 is 10.5. The molecule has 0 aliphatic heterocycles. The average Bonchev–Trinajstić information content (AvgIpc) is 2.27. The zero-order valence-corrected chi connectivity index (χ0v) is 9.60. The van der Waals surface area contributed by atoms with Gasteiger partial charge in [0.25, 0.3) is 0 Å². The third kappa shape index (κ3) is 2.36. The van der Waals surface area contributed by atoms with Gasteiger partial charge in [-0.05, 0) is 32.0 Å². The predicted octanol–water partition coefficient (Wildman–Crippen LogP) is 2.39. The molecule has 0 aliphatic rings. The molecule has 1 aromatic heterocycles. The SMILES string of the molecule is CC(C)Oc1ccc2oc(=O)cc(C=O)c2c1. The fraction of sp³-hybridized carbons (Fsp3) is 0.231. The monoisotopic (exact) mass is 232 g/mol. The van der Waals surface area contributed by atoms with E-state index >= 15 is 0 Å². The van der Waals surface area contributed by atoms with Crippen molar-refractivity contribution in [3.05, 3.63) is 40.2 Å². The molecule has 0 aliphatic carbocycles. The van der Waals surface area contributed by atoms with Gasteiger partial charge in [-0.2, -0.15) is 0 Å².